The van der Waals surface area contributed by atoms with E-state index in [4.69, 9.17) is 4.42 Å². The van der Waals surface area contributed by atoms with Gasteiger partial charge in [0.25, 0.3) is 0 Å². The van der Waals surface area contributed by atoms with Crippen LogP contribution in [-0.2, 0) is 11.3 Å². The fourth-order valence-electron chi connectivity index (χ4n) is 2.81. The molecule has 0 saturated heterocycles. The Kier molecular flexibility index (Phi) is 3.62. The van der Waals surface area contributed by atoms with Crippen LogP contribution in [0.25, 0.3) is 11.2 Å². The third-order valence-corrected chi connectivity index (χ3v) is 3.99. The van der Waals surface area contributed by atoms with Gasteiger partial charge in [0.1, 0.15) is 6.54 Å². The van der Waals surface area contributed by atoms with E-state index in [0.29, 0.717) is 11.2 Å². The van der Waals surface area contributed by atoms with Gasteiger partial charge in [0.2, 0.25) is 5.89 Å². The number of nitrogens with zero attached hydrogens (tertiary/aromatic N) is 3. The van der Waals surface area contributed by atoms with Gasteiger partial charge in [0, 0.05) is 11.8 Å². The van der Waals surface area contributed by atoms with Crippen molar-refractivity contribution in [1.29, 1.82) is 0 Å². The molecule has 1 unspecified atom stereocenters. The minimum absolute atomic E-state index is 0.0538. The predicted octanol–water partition coefficient (Wildman–Crippen LogP) is 2.79. The molecular weight excluding hydrogens is 348 g/mol. The third kappa shape index (κ3) is 2.57. The largest absolute Gasteiger partial charge is 0.483 e. The molecule has 134 valence electrons. The molecule has 3 aromatic rings. The zero-order valence-electron chi connectivity index (χ0n) is 13.5. The molecule has 1 atom stereocenters. The van der Waals surface area contributed by atoms with E-state index in [1.807, 2.05) is 0 Å². The molecule has 7 nitrogen and oxygen atoms in total. The molecule has 1 aliphatic rings. The number of hydrogen-bond donors (Lipinski definition) is 1. The first-order valence-corrected chi connectivity index (χ1v) is 7.77. The molecule has 0 aliphatic carbocycles. The minimum atomic E-state index is -4.07. The maximum Gasteiger partial charge on any atom is 0.483 e. The molecule has 1 N–H and O–H groups in total. The molecule has 4 rings (SSSR count). The first-order valence-electron chi connectivity index (χ1n) is 7.77. The number of amides is 1. The van der Waals surface area contributed by atoms with E-state index >= 15 is 0 Å². The number of para-hydroxylation sites is 1. The molecule has 9 heteroatoms. The summed E-state index contributed by atoms with van der Waals surface area (Å²) >= 11 is 0. The van der Waals surface area contributed by atoms with Crippen LogP contribution in [0.1, 0.15) is 24.5 Å². The van der Waals surface area contributed by atoms with Gasteiger partial charge in [-0.15, -0.1) is 0 Å². The van der Waals surface area contributed by atoms with Crippen LogP contribution in [0, 0.1) is 0 Å². The topological polar surface area (TPSA) is 88.7 Å². The molecule has 2 aromatic heterocycles. The molecule has 1 aliphatic heterocycles. The monoisotopic (exact) mass is 361 g/mol. The number of ether oxygens (including phenoxy) is 1. The molecule has 0 fully saturated rings. The quantitative estimate of drug-likeness (QED) is 0.772. The lowest BCUT2D eigenvalue weighted by Gasteiger charge is -2.34. The van der Waals surface area contributed by atoms with Crippen LogP contribution >= 0.6 is 0 Å². The average Bonchev–Trinajstić information content (AvgIpc) is 3.00. The number of anilines is 1. The number of benzene rings is 1. The summed E-state index contributed by atoms with van der Waals surface area (Å²) in [7, 11) is 0. The van der Waals surface area contributed by atoms with E-state index in [-0.39, 0.29) is 29.4 Å². The van der Waals surface area contributed by atoms with Crippen LogP contribution < -0.4 is 9.64 Å². The number of carbonyl (C=O) groups is 1. The van der Waals surface area contributed by atoms with Crippen molar-refractivity contribution in [2.45, 2.75) is 25.7 Å². The maximum absolute atomic E-state index is 14.1. The molecule has 0 saturated carbocycles. The highest BCUT2D eigenvalue weighted by molar-refractivity contribution is 6.01. The zero-order valence-corrected chi connectivity index (χ0v) is 13.5. The molecule has 1 amide bonds. The normalized spacial score (nSPS) is 17.1. The standard InChI is InChI=1S/C17H13F2N3O4/c1-9(23)10-4-2-5-11-14(10)26-17(18,19)16(24)22(11)8-13-21-15-12(25-13)6-3-7-20-15/h2-7,9,23H,8H2,1H3. The average molecular weight is 361 g/mol. The first-order chi connectivity index (χ1) is 12.4. The van der Waals surface area contributed by atoms with Crippen LogP contribution in [0.4, 0.5) is 14.5 Å². The smallest absolute Gasteiger partial charge is 0.437 e. The van der Waals surface area contributed by atoms with Crippen LogP contribution in [0.5, 0.6) is 5.75 Å². The second kappa shape index (κ2) is 5.73. The summed E-state index contributed by atoms with van der Waals surface area (Å²) in [4.78, 5) is 21.2. The molecule has 3 heterocycles. The number of oxazole rings is 1. The number of fused-ring (bicyclic) bond motifs is 2. The Morgan fingerprint density at radius 3 is 2.85 bits per heavy atom. The summed E-state index contributed by atoms with van der Waals surface area (Å²) in [5.41, 5.74) is 0.953. The summed E-state index contributed by atoms with van der Waals surface area (Å²) in [6, 6.07) is 7.73. The van der Waals surface area contributed by atoms with Gasteiger partial charge in [-0.2, -0.15) is 13.8 Å². The molecule has 0 radical (unpaired) electrons. The highest BCUT2D eigenvalue weighted by Crippen LogP contribution is 2.44. The Labute approximate surface area is 145 Å². The second-order valence-electron chi connectivity index (χ2n) is 5.81. The Bertz CT molecular complexity index is 970. The van der Waals surface area contributed by atoms with Crippen molar-refractivity contribution in [2.75, 3.05) is 4.90 Å². The molecule has 0 bridgehead atoms. The molecular formula is C17H13F2N3O4. The molecule has 0 spiro atoms. The number of aromatic nitrogens is 2. The Balaban J connectivity index is 1.80. The van der Waals surface area contributed by atoms with Crippen molar-refractivity contribution in [2.24, 2.45) is 0 Å². The fourth-order valence-corrected chi connectivity index (χ4v) is 2.81. The number of aliphatic hydroxyl groups excluding tert-OH is 1. The Hall–Kier alpha value is -3.07. The van der Waals surface area contributed by atoms with Crippen molar-refractivity contribution >= 4 is 22.8 Å². The Morgan fingerprint density at radius 2 is 2.12 bits per heavy atom. The van der Waals surface area contributed by atoms with Crippen LogP contribution in [0.15, 0.2) is 40.9 Å². The van der Waals surface area contributed by atoms with E-state index < -0.39 is 18.1 Å². The lowest BCUT2D eigenvalue weighted by atomic mass is 10.1. The van der Waals surface area contributed by atoms with E-state index in [2.05, 4.69) is 14.7 Å². The van der Waals surface area contributed by atoms with Gasteiger partial charge in [-0.05, 0) is 25.1 Å². The number of alkyl halides is 2. The fraction of sp³-hybridized carbons (Fsp3) is 0.235. The van der Waals surface area contributed by atoms with Crippen LogP contribution in [0.2, 0.25) is 0 Å². The van der Waals surface area contributed by atoms with Gasteiger partial charge in [0.05, 0.1) is 11.8 Å². The number of aliphatic hydroxyl groups is 1. The summed E-state index contributed by atoms with van der Waals surface area (Å²) in [5, 5.41) is 9.82. The van der Waals surface area contributed by atoms with E-state index in [9.17, 15) is 18.7 Å². The third-order valence-electron chi connectivity index (χ3n) is 3.99. The van der Waals surface area contributed by atoms with Gasteiger partial charge in [-0.3, -0.25) is 9.69 Å². The van der Waals surface area contributed by atoms with Gasteiger partial charge in [-0.25, -0.2) is 4.98 Å². The number of hydrogen-bond acceptors (Lipinski definition) is 6. The highest BCUT2D eigenvalue weighted by Gasteiger charge is 2.51. The van der Waals surface area contributed by atoms with Crippen molar-refractivity contribution in [3.8, 4) is 5.75 Å². The summed E-state index contributed by atoms with van der Waals surface area (Å²) < 4.78 is 38.3. The summed E-state index contributed by atoms with van der Waals surface area (Å²) in [6.07, 6.45) is -3.60. The molecule has 26 heavy (non-hydrogen) atoms. The number of halogens is 2. The van der Waals surface area contributed by atoms with E-state index in [1.165, 1.54) is 25.3 Å². The summed E-state index contributed by atoms with van der Waals surface area (Å²) in [6.45, 7) is 1.09. The Morgan fingerprint density at radius 1 is 1.31 bits per heavy atom. The predicted molar refractivity (Wildman–Crippen MR) is 85.6 cm³/mol. The first kappa shape index (κ1) is 16.4. The van der Waals surface area contributed by atoms with Crippen LogP contribution in [-0.4, -0.2) is 27.1 Å². The number of carbonyl (C=O) groups excluding carboxylic acids is 1. The maximum atomic E-state index is 14.1. The lowest BCUT2D eigenvalue weighted by Crippen LogP contribution is -2.50. The van der Waals surface area contributed by atoms with Gasteiger partial charge in [0.15, 0.2) is 17.0 Å². The lowest BCUT2D eigenvalue weighted by molar-refractivity contribution is -0.193. The SMILES string of the molecule is CC(O)c1cccc2c1OC(F)(F)C(=O)N2Cc1nc2ncccc2o1. The van der Waals surface area contributed by atoms with Crippen molar-refractivity contribution in [3.63, 3.8) is 0 Å². The van der Waals surface area contributed by atoms with Crippen molar-refractivity contribution in [3.05, 3.63) is 48.0 Å². The number of rotatable bonds is 3. The van der Waals surface area contributed by atoms with Crippen molar-refractivity contribution in [1.82, 2.24) is 9.97 Å². The van der Waals surface area contributed by atoms with Gasteiger partial charge < -0.3 is 14.3 Å². The molecule has 1 aromatic carbocycles. The second-order valence-corrected chi connectivity index (χ2v) is 5.81. The van der Waals surface area contributed by atoms with Gasteiger partial charge in [-0.1, -0.05) is 12.1 Å². The van der Waals surface area contributed by atoms with E-state index in [0.717, 1.165) is 4.90 Å². The van der Waals surface area contributed by atoms with Gasteiger partial charge >= 0.3 is 12.0 Å². The van der Waals surface area contributed by atoms with Crippen molar-refractivity contribution < 1.29 is 27.8 Å². The zero-order chi connectivity index (χ0) is 18.5. The highest BCUT2D eigenvalue weighted by atomic mass is 19.3. The number of pyridine rings is 1. The summed E-state index contributed by atoms with van der Waals surface area (Å²) in [5.74, 6) is -1.73. The minimum Gasteiger partial charge on any atom is -0.437 e. The van der Waals surface area contributed by atoms with E-state index in [1.54, 1.807) is 18.2 Å². The van der Waals surface area contributed by atoms with Crippen LogP contribution in [0.3, 0.4) is 0 Å².